The number of hydrogen-bond donors (Lipinski definition) is 1. The Morgan fingerprint density at radius 1 is 1.05 bits per heavy atom. The first kappa shape index (κ1) is 13.9. The lowest BCUT2D eigenvalue weighted by Crippen LogP contribution is -2.20. The lowest BCUT2D eigenvalue weighted by molar-refractivity contribution is 0.350. The van der Waals surface area contributed by atoms with Crippen molar-refractivity contribution >= 4 is 0 Å². The highest BCUT2D eigenvalue weighted by atomic mass is 19.2. The van der Waals surface area contributed by atoms with Crippen molar-refractivity contribution in [2.24, 2.45) is 0 Å². The molecule has 1 N–H and O–H groups in total. The van der Waals surface area contributed by atoms with Gasteiger partial charge in [0.05, 0.1) is 12.6 Å². The molecule has 0 fully saturated rings. The van der Waals surface area contributed by atoms with Crippen LogP contribution in [-0.2, 0) is 6.42 Å². The molecule has 3 rings (SSSR count). The van der Waals surface area contributed by atoms with Crippen LogP contribution in [0, 0.1) is 17.5 Å². The molecule has 0 radical (unpaired) electrons. The number of nitrogens with one attached hydrogen (secondary N) is 1. The van der Waals surface area contributed by atoms with Crippen molar-refractivity contribution in [1.82, 2.24) is 5.32 Å². The minimum absolute atomic E-state index is 0.0558. The summed E-state index contributed by atoms with van der Waals surface area (Å²) in [5.41, 5.74) is 1.81. The molecule has 1 aliphatic heterocycles. The van der Waals surface area contributed by atoms with E-state index in [1.54, 1.807) is 13.1 Å². The van der Waals surface area contributed by atoms with Gasteiger partial charge >= 0.3 is 0 Å². The first-order chi connectivity index (χ1) is 10.1. The third kappa shape index (κ3) is 2.27. The SMILES string of the molecule is CNC(c1ccc(F)c(F)c1F)c1cccc2c1OCC2. The van der Waals surface area contributed by atoms with Crippen LogP contribution in [0.1, 0.15) is 22.7 Å². The highest BCUT2D eigenvalue weighted by molar-refractivity contribution is 5.49. The average molecular weight is 293 g/mol. The molecule has 2 nitrogen and oxygen atoms in total. The van der Waals surface area contributed by atoms with Crippen LogP contribution in [0.2, 0.25) is 0 Å². The van der Waals surface area contributed by atoms with Gasteiger partial charge in [0.1, 0.15) is 5.75 Å². The van der Waals surface area contributed by atoms with E-state index in [4.69, 9.17) is 4.74 Å². The smallest absolute Gasteiger partial charge is 0.194 e. The van der Waals surface area contributed by atoms with Crippen LogP contribution in [0.25, 0.3) is 0 Å². The molecule has 0 bridgehead atoms. The van der Waals surface area contributed by atoms with Gasteiger partial charge in [-0.15, -0.1) is 0 Å². The zero-order valence-corrected chi connectivity index (χ0v) is 11.4. The summed E-state index contributed by atoms with van der Waals surface area (Å²) in [6, 6.07) is 7.18. The van der Waals surface area contributed by atoms with E-state index in [9.17, 15) is 13.2 Å². The molecule has 0 saturated heterocycles. The van der Waals surface area contributed by atoms with E-state index >= 15 is 0 Å². The number of fused-ring (bicyclic) bond motifs is 1. The van der Waals surface area contributed by atoms with Gasteiger partial charge in [0.2, 0.25) is 0 Å². The standard InChI is InChI=1S/C16H14F3NO/c1-20-15(10-5-6-12(17)14(19)13(10)18)11-4-2-3-9-7-8-21-16(9)11/h2-6,15,20H,7-8H2,1H3. The third-order valence-corrected chi connectivity index (χ3v) is 3.72. The molecule has 110 valence electrons. The quantitative estimate of drug-likeness (QED) is 0.876. The molecule has 2 aromatic rings. The molecule has 1 heterocycles. The molecule has 0 amide bonds. The molecule has 1 unspecified atom stereocenters. The zero-order chi connectivity index (χ0) is 15.0. The van der Waals surface area contributed by atoms with E-state index in [0.717, 1.165) is 23.6 Å². The summed E-state index contributed by atoms with van der Waals surface area (Å²) in [7, 11) is 1.64. The summed E-state index contributed by atoms with van der Waals surface area (Å²) < 4.78 is 46.2. The summed E-state index contributed by atoms with van der Waals surface area (Å²) in [5.74, 6) is -3.13. The monoisotopic (exact) mass is 293 g/mol. The number of para-hydroxylation sites is 1. The second-order valence-electron chi connectivity index (χ2n) is 4.92. The maximum Gasteiger partial charge on any atom is 0.194 e. The molecule has 0 spiro atoms. The summed E-state index contributed by atoms with van der Waals surface area (Å²) in [6.45, 7) is 0.572. The first-order valence-corrected chi connectivity index (χ1v) is 6.68. The van der Waals surface area contributed by atoms with Gasteiger partial charge in [0, 0.05) is 17.5 Å². The average Bonchev–Trinajstić information content (AvgIpc) is 2.97. The highest BCUT2D eigenvalue weighted by Crippen LogP contribution is 2.37. The van der Waals surface area contributed by atoms with Gasteiger partial charge in [-0.05, 0) is 18.7 Å². The summed E-state index contributed by atoms with van der Waals surface area (Å²) >= 11 is 0. The fraction of sp³-hybridized carbons (Fsp3) is 0.250. The highest BCUT2D eigenvalue weighted by Gasteiger charge is 2.26. The number of hydrogen-bond acceptors (Lipinski definition) is 2. The lowest BCUT2D eigenvalue weighted by atomic mass is 9.95. The van der Waals surface area contributed by atoms with Crippen LogP contribution in [0.4, 0.5) is 13.2 Å². The topological polar surface area (TPSA) is 21.3 Å². The second-order valence-corrected chi connectivity index (χ2v) is 4.92. The number of ether oxygens (including phenoxy) is 1. The van der Waals surface area contributed by atoms with Crippen LogP contribution >= 0.6 is 0 Å². The Bertz CT molecular complexity index is 687. The summed E-state index contributed by atoms with van der Waals surface area (Å²) in [4.78, 5) is 0. The Kier molecular flexibility index (Phi) is 3.59. The second kappa shape index (κ2) is 5.41. The fourth-order valence-corrected chi connectivity index (χ4v) is 2.71. The van der Waals surface area contributed by atoms with Crippen molar-refractivity contribution in [2.45, 2.75) is 12.5 Å². The summed E-state index contributed by atoms with van der Waals surface area (Å²) in [6.07, 6.45) is 0.792. The van der Waals surface area contributed by atoms with Crippen molar-refractivity contribution < 1.29 is 17.9 Å². The Labute approximate surface area is 120 Å². The van der Waals surface area contributed by atoms with Gasteiger partial charge in [-0.3, -0.25) is 0 Å². The largest absolute Gasteiger partial charge is 0.493 e. The van der Waals surface area contributed by atoms with E-state index in [2.05, 4.69) is 5.32 Å². The van der Waals surface area contributed by atoms with E-state index in [0.29, 0.717) is 12.4 Å². The summed E-state index contributed by atoms with van der Waals surface area (Å²) in [5, 5.41) is 2.94. The van der Waals surface area contributed by atoms with Crippen molar-refractivity contribution in [3.8, 4) is 5.75 Å². The van der Waals surface area contributed by atoms with E-state index < -0.39 is 23.5 Å². The molecular formula is C16H14F3NO. The number of benzene rings is 2. The van der Waals surface area contributed by atoms with Crippen molar-refractivity contribution in [3.05, 3.63) is 64.5 Å². The van der Waals surface area contributed by atoms with Crippen LogP contribution in [0.3, 0.4) is 0 Å². The van der Waals surface area contributed by atoms with Gasteiger partial charge in [-0.1, -0.05) is 24.3 Å². The van der Waals surface area contributed by atoms with Crippen LogP contribution in [0.5, 0.6) is 5.75 Å². The van der Waals surface area contributed by atoms with Gasteiger partial charge < -0.3 is 10.1 Å². The van der Waals surface area contributed by atoms with E-state index in [1.165, 1.54) is 6.07 Å². The van der Waals surface area contributed by atoms with Crippen molar-refractivity contribution in [3.63, 3.8) is 0 Å². The minimum Gasteiger partial charge on any atom is -0.493 e. The molecule has 0 saturated carbocycles. The third-order valence-electron chi connectivity index (χ3n) is 3.72. The molecule has 2 aromatic carbocycles. The Morgan fingerprint density at radius 3 is 2.62 bits per heavy atom. The molecule has 0 aromatic heterocycles. The van der Waals surface area contributed by atoms with E-state index in [-0.39, 0.29) is 5.56 Å². The van der Waals surface area contributed by atoms with Gasteiger partial charge in [-0.25, -0.2) is 13.2 Å². The Balaban J connectivity index is 2.12. The Hall–Kier alpha value is -2.01. The molecule has 5 heteroatoms. The molecule has 1 aliphatic rings. The first-order valence-electron chi connectivity index (χ1n) is 6.68. The lowest BCUT2D eigenvalue weighted by Gasteiger charge is -2.20. The van der Waals surface area contributed by atoms with Crippen molar-refractivity contribution in [1.29, 1.82) is 0 Å². The van der Waals surface area contributed by atoms with Crippen LogP contribution in [-0.4, -0.2) is 13.7 Å². The number of rotatable bonds is 3. The van der Waals surface area contributed by atoms with Gasteiger partial charge in [0.25, 0.3) is 0 Å². The van der Waals surface area contributed by atoms with Crippen LogP contribution in [0.15, 0.2) is 30.3 Å². The maximum absolute atomic E-state index is 14.0. The minimum atomic E-state index is -1.46. The Morgan fingerprint density at radius 2 is 1.86 bits per heavy atom. The maximum atomic E-state index is 14.0. The molecular weight excluding hydrogens is 279 g/mol. The normalized spacial score (nSPS) is 14.7. The molecule has 21 heavy (non-hydrogen) atoms. The fourth-order valence-electron chi connectivity index (χ4n) is 2.71. The predicted molar refractivity (Wildman–Crippen MR) is 72.9 cm³/mol. The van der Waals surface area contributed by atoms with Gasteiger partial charge in [-0.2, -0.15) is 0 Å². The van der Waals surface area contributed by atoms with Crippen molar-refractivity contribution in [2.75, 3.05) is 13.7 Å². The molecule has 0 aliphatic carbocycles. The number of halogens is 3. The van der Waals surface area contributed by atoms with Gasteiger partial charge in [0.15, 0.2) is 17.5 Å². The predicted octanol–water partition coefficient (Wildman–Crippen LogP) is 3.35. The van der Waals surface area contributed by atoms with Crippen LogP contribution < -0.4 is 10.1 Å². The van der Waals surface area contributed by atoms with E-state index in [1.807, 2.05) is 12.1 Å². The molecule has 1 atom stereocenters. The zero-order valence-electron chi connectivity index (χ0n) is 11.4.